The molecule has 2 aromatic heterocycles. The number of pyridine rings is 1. The highest BCUT2D eigenvalue weighted by Gasteiger charge is 2.15. The zero-order valence-corrected chi connectivity index (χ0v) is 16.4. The van der Waals surface area contributed by atoms with Crippen LogP contribution in [0.1, 0.15) is 11.4 Å². The Balaban J connectivity index is 1.71. The van der Waals surface area contributed by atoms with E-state index in [1.165, 1.54) is 18.0 Å². The normalized spacial score (nSPS) is 10.8. The summed E-state index contributed by atoms with van der Waals surface area (Å²) in [4.78, 5) is 16.3. The predicted octanol–water partition coefficient (Wildman–Crippen LogP) is 4.32. The maximum absolute atomic E-state index is 12.3. The summed E-state index contributed by atoms with van der Waals surface area (Å²) < 4.78 is 1.90. The molecule has 3 rings (SSSR count). The lowest BCUT2D eigenvalue weighted by molar-refractivity contribution is -0.113. The topological polar surface area (TPSA) is 72.7 Å². The van der Waals surface area contributed by atoms with Crippen molar-refractivity contribution in [3.05, 3.63) is 58.0 Å². The number of benzene rings is 1. The van der Waals surface area contributed by atoms with Gasteiger partial charge in [-0.15, -0.1) is 10.2 Å². The van der Waals surface area contributed by atoms with Gasteiger partial charge in [0.1, 0.15) is 5.82 Å². The van der Waals surface area contributed by atoms with Crippen LogP contribution in [0.15, 0.2) is 41.7 Å². The number of rotatable bonds is 5. The summed E-state index contributed by atoms with van der Waals surface area (Å²) in [5.41, 5.74) is 1.61. The molecule has 134 valence electrons. The monoisotopic (exact) mass is 407 g/mol. The fourth-order valence-corrected chi connectivity index (χ4v) is 3.44. The van der Waals surface area contributed by atoms with Gasteiger partial charge in [0, 0.05) is 11.9 Å². The molecule has 26 heavy (non-hydrogen) atoms. The van der Waals surface area contributed by atoms with Gasteiger partial charge in [-0.3, -0.25) is 9.36 Å². The van der Waals surface area contributed by atoms with Crippen molar-refractivity contribution in [2.45, 2.75) is 19.0 Å². The molecule has 1 N–H and O–H groups in total. The van der Waals surface area contributed by atoms with Gasteiger partial charge in [0.15, 0.2) is 11.0 Å². The molecule has 0 bridgehead atoms. The highest BCUT2D eigenvalue weighted by Crippen LogP contribution is 2.29. The van der Waals surface area contributed by atoms with Crippen molar-refractivity contribution in [2.75, 3.05) is 11.1 Å². The van der Waals surface area contributed by atoms with Crippen molar-refractivity contribution in [1.29, 1.82) is 0 Å². The van der Waals surface area contributed by atoms with Crippen LogP contribution in [-0.2, 0) is 4.79 Å². The number of anilines is 1. The van der Waals surface area contributed by atoms with Crippen LogP contribution in [-0.4, -0.2) is 31.4 Å². The number of aromatic nitrogens is 4. The molecule has 0 atom stereocenters. The molecule has 0 fully saturated rings. The molecule has 0 aliphatic heterocycles. The summed E-state index contributed by atoms with van der Waals surface area (Å²) in [6.45, 7) is 3.63. The molecule has 0 saturated heterocycles. The number of nitrogens with one attached hydrogen (secondary N) is 1. The number of hydrogen-bond donors (Lipinski definition) is 1. The van der Waals surface area contributed by atoms with Crippen molar-refractivity contribution >= 4 is 46.7 Å². The van der Waals surface area contributed by atoms with E-state index in [1.54, 1.807) is 6.92 Å². The van der Waals surface area contributed by atoms with Gasteiger partial charge in [-0.2, -0.15) is 0 Å². The molecule has 0 aliphatic carbocycles. The first-order chi connectivity index (χ1) is 12.5. The van der Waals surface area contributed by atoms with Crippen molar-refractivity contribution in [3.8, 4) is 5.69 Å². The third-order valence-corrected chi connectivity index (χ3v) is 5.37. The standard InChI is InChI=1S/C17H15Cl2N5OS/c1-10-13(18)8-20-16(15(10)19)21-14(25)9-26-17-23-22-11(2)24(17)12-6-4-3-5-7-12/h3-8H,9H2,1-2H3,(H,20,21,25). The highest BCUT2D eigenvalue weighted by molar-refractivity contribution is 7.99. The largest absolute Gasteiger partial charge is 0.309 e. The Bertz CT molecular complexity index is 946. The second-order valence-electron chi connectivity index (χ2n) is 5.43. The van der Waals surface area contributed by atoms with E-state index in [9.17, 15) is 4.79 Å². The average molecular weight is 408 g/mol. The second-order valence-corrected chi connectivity index (χ2v) is 7.16. The molecule has 0 unspecified atom stereocenters. The van der Waals surface area contributed by atoms with E-state index in [0.29, 0.717) is 26.6 Å². The number of carbonyl (C=O) groups is 1. The van der Waals surface area contributed by atoms with Gasteiger partial charge in [-0.1, -0.05) is 53.2 Å². The molecule has 0 aliphatic rings. The van der Waals surface area contributed by atoms with Crippen molar-refractivity contribution in [3.63, 3.8) is 0 Å². The number of aryl methyl sites for hydroxylation is 1. The maximum Gasteiger partial charge on any atom is 0.236 e. The minimum Gasteiger partial charge on any atom is -0.309 e. The minimum atomic E-state index is -0.244. The Morgan fingerprint density at radius 3 is 2.65 bits per heavy atom. The maximum atomic E-state index is 12.3. The van der Waals surface area contributed by atoms with Crippen LogP contribution in [0.2, 0.25) is 10.0 Å². The molecule has 6 nitrogen and oxygen atoms in total. The molecule has 9 heteroatoms. The zero-order chi connectivity index (χ0) is 18.7. The number of halogens is 2. The summed E-state index contributed by atoms with van der Waals surface area (Å²) in [5, 5.41) is 12.4. The first kappa shape index (κ1) is 18.7. The molecular formula is C17H15Cl2N5OS. The molecule has 2 heterocycles. The van der Waals surface area contributed by atoms with E-state index in [1.807, 2.05) is 41.8 Å². The number of para-hydroxylation sites is 1. The summed E-state index contributed by atoms with van der Waals surface area (Å²) in [7, 11) is 0. The van der Waals surface area contributed by atoms with E-state index in [0.717, 1.165) is 11.5 Å². The van der Waals surface area contributed by atoms with E-state index in [2.05, 4.69) is 20.5 Å². The van der Waals surface area contributed by atoms with Crippen molar-refractivity contribution in [2.24, 2.45) is 0 Å². The quantitative estimate of drug-likeness (QED) is 0.637. The highest BCUT2D eigenvalue weighted by atomic mass is 35.5. The Morgan fingerprint density at radius 2 is 1.92 bits per heavy atom. The van der Waals surface area contributed by atoms with E-state index >= 15 is 0 Å². The van der Waals surface area contributed by atoms with Crippen molar-refractivity contribution in [1.82, 2.24) is 19.7 Å². The van der Waals surface area contributed by atoms with Gasteiger partial charge in [0.2, 0.25) is 5.91 Å². The van der Waals surface area contributed by atoms with Crippen LogP contribution in [0.3, 0.4) is 0 Å². The lowest BCUT2D eigenvalue weighted by Gasteiger charge is -2.10. The van der Waals surface area contributed by atoms with Crippen LogP contribution in [0.5, 0.6) is 0 Å². The molecule has 3 aromatic rings. The Labute approximate surface area is 164 Å². The van der Waals surface area contributed by atoms with Crippen LogP contribution < -0.4 is 5.32 Å². The fourth-order valence-electron chi connectivity index (χ4n) is 2.25. The molecule has 1 aromatic carbocycles. The molecule has 0 saturated carbocycles. The molecule has 0 spiro atoms. The lowest BCUT2D eigenvalue weighted by atomic mass is 10.3. The molecule has 1 amide bonds. The average Bonchev–Trinajstić information content (AvgIpc) is 3.02. The van der Waals surface area contributed by atoms with Gasteiger partial charge < -0.3 is 5.32 Å². The number of amides is 1. The summed E-state index contributed by atoms with van der Waals surface area (Å²) in [6.07, 6.45) is 1.46. The lowest BCUT2D eigenvalue weighted by Crippen LogP contribution is -2.16. The van der Waals surface area contributed by atoms with Crippen LogP contribution >= 0.6 is 35.0 Å². The second kappa shape index (κ2) is 8.07. The number of thioether (sulfide) groups is 1. The molecular weight excluding hydrogens is 393 g/mol. The first-order valence-corrected chi connectivity index (χ1v) is 9.42. The van der Waals surface area contributed by atoms with E-state index in [-0.39, 0.29) is 11.7 Å². The Hall–Kier alpha value is -2.09. The van der Waals surface area contributed by atoms with Crippen molar-refractivity contribution < 1.29 is 4.79 Å². The van der Waals surface area contributed by atoms with Crippen LogP contribution in [0.4, 0.5) is 5.82 Å². The minimum absolute atomic E-state index is 0.144. The van der Waals surface area contributed by atoms with Gasteiger partial charge in [-0.05, 0) is 31.5 Å². The van der Waals surface area contributed by atoms with Gasteiger partial charge in [0.25, 0.3) is 0 Å². The molecule has 0 radical (unpaired) electrons. The number of nitrogens with zero attached hydrogens (tertiary/aromatic N) is 4. The summed E-state index contributed by atoms with van der Waals surface area (Å²) in [6, 6.07) is 9.73. The van der Waals surface area contributed by atoms with E-state index in [4.69, 9.17) is 23.2 Å². The first-order valence-electron chi connectivity index (χ1n) is 7.68. The zero-order valence-electron chi connectivity index (χ0n) is 14.0. The summed E-state index contributed by atoms with van der Waals surface area (Å²) >= 11 is 13.4. The fraction of sp³-hybridized carbons (Fsp3) is 0.176. The Morgan fingerprint density at radius 1 is 1.19 bits per heavy atom. The van der Waals surface area contributed by atoms with Gasteiger partial charge in [0.05, 0.1) is 15.8 Å². The SMILES string of the molecule is Cc1c(Cl)cnc(NC(=O)CSc2nnc(C)n2-c2ccccc2)c1Cl. The van der Waals surface area contributed by atoms with Crippen LogP contribution in [0, 0.1) is 13.8 Å². The Kier molecular flexibility index (Phi) is 5.80. The third-order valence-electron chi connectivity index (χ3n) is 3.60. The van der Waals surface area contributed by atoms with Gasteiger partial charge >= 0.3 is 0 Å². The third kappa shape index (κ3) is 4.00. The smallest absolute Gasteiger partial charge is 0.236 e. The number of hydrogen-bond acceptors (Lipinski definition) is 5. The van der Waals surface area contributed by atoms with E-state index < -0.39 is 0 Å². The van der Waals surface area contributed by atoms with Crippen LogP contribution in [0.25, 0.3) is 5.69 Å². The number of carbonyl (C=O) groups excluding carboxylic acids is 1. The predicted molar refractivity (Wildman–Crippen MR) is 104 cm³/mol. The van der Waals surface area contributed by atoms with Gasteiger partial charge in [-0.25, -0.2) is 4.98 Å². The summed E-state index contributed by atoms with van der Waals surface area (Å²) in [5.74, 6) is 0.938.